The average molecular weight is 281 g/mol. The molecule has 0 amide bonds. The summed E-state index contributed by atoms with van der Waals surface area (Å²) < 4.78 is 0. The maximum atomic E-state index is 6.37. The molecule has 1 aromatic rings. The van der Waals surface area contributed by atoms with Crippen LogP contribution in [-0.2, 0) is 6.42 Å². The first-order valence-electron chi connectivity index (χ1n) is 7.16. The van der Waals surface area contributed by atoms with Crippen molar-refractivity contribution in [2.45, 2.75) is 46.1 Å². The van der Waals surface area contributed by atoms with Gasteiger partial charge in [0.2, 0.25) is 0 Å². The van der Waals surface area contributed by atoms with Crippen molar-refractivity contribution in [2.24, 2.45) is 11.1 Å². The molecule has 1 aliphatic heterocycles. The summed E-state index contributed by atoms with van der Waals surface area (Å²) in [6.07, 6.45) is 3.32. The molecular weight excluding hydrogens is 256 g/mol. The fourth-order valence-corrected chi connectivity index (χ4v) is 2.87. The van der Waals surface area contributed by atoms with Gasteiger partial charge in [0.1, 0.15) is 0 Å². The van der Waals surface area contributed by atoms with Crippen LogP contribution in [0, 0.1) is 5.41 Å². The van der Waals surface area contributed by atoms with Crippen molar-refractivity contribution < 1.29 is 0 Å². The van der Waals surface area contributed by atoms with Gasteiger partial charge in [0.25, 0.3) is 0 Å². The van der Waals surface area contributed by atoms with Crippen LogP contribution < -0.4 is 10.6 Å². The Morgan fingerprint density at radius 3 is 2.47 bits per heavy atom. The number of benzene rings is 1. The largest absolute Gasteiger partial charge is 0.371 e. The molecule has 0 aliphatic carbocycles. The number of anilines is 1. The van der Waals surface area contributed by atoms with Gasteiger partial charge in [-0.15, -0.1) is 0 Å². The van der Waals surface area contributed by atoms with Crippen LogP contribution in [0.15, 0.2) is 18.2 Å². The predicted octanol–water partition coefficient (Wildman–Crippen LogP) is 3.86. The first kappa shape index (κ1) is 14.7. The highest BCUT2D eigenvalue weighted by molar-refractivity contribution is 6.31. The van der Waals surface area contributed by atoms with E-state index >= 15 is 0 Å². The number of halogens is 1. The van der Waals surface area contributed by atoms with Crippen molar-refractivity contribution in [3.05, 3.63) is 28.8 Å². The minimum Gasteiger partial charge on any atom is -0.371 e. The lowest BCUT2D eigenvalue weighted by atomic mass is 9.82. The summed E-state index contributed by atoms with van der Waals surface area (Å²) in [4.78, 5) is 2.44. The number of nitrogens with two attached hydrogens (primary N) is 1. The molecule has 2 N–H and O–H groups in total. The zero-order chi connectivity index (χ0) is 14.0. The zero-order valence-electron chi connectivity index (χ0n) is 12.2. The third kappa shape index (κ3) is 3.87. The standard InChI is InChI=1S/C16H25ClN2/c1-12(18)10-13-4-5-14(11-15(13)17)19-8-6-16(2,3)7-9-19/h4-5,11-12H,6-10,18H2,1-3H3. The van der Waals surface area contributed by atoms with E-state index in [2.05, 4.69) is 36.9 Å². The highest BCUT2D eigenvalue weighted by Crippen LogP contribution is 2.33. The second kappa shape index (κ2) is 5.72. The lowest BCUT2D eigenvalue weighted by Crippen LogP contribution is -2.37. The van der Waals surface area contributed by atoms with Gasteiger partial charge in [-0.05, 0) is 49.3 Å². The highest BCUT2D eigenvalue weighted by atomic mass is 35.5. The van der Waals surface area contributed by atoms with Gasteiger partial charge in [0, 0.05) is 29.8 Å². The molecule has 1 heterocycles. The van der Waals surface area contributed by atoms with Gasteiger partial charge in [-0.3, -0.25) is 0 Å². The Morgan fingerprint density at radius 1 is 1.32 bits per heavy atom. The molecule has 19 heavy (non-hydrogen) atoms. The second-order valence-electron chi connectivity index (χ2n) is 6.61. The molecule has 1 unspecified atom stereocenters. The third-order valence-electron chi connectivity index (χ3n) is 4.06. The monoisotopic (exact) mass is 280 g/mol. The predicted molar refractivity (Wildman–Crippen MR) is 84.0 cm³/mol. The summed E-state index contributed by atoms with van der Waals surface area (Å²) in [5, 5.41) is 0.847. The van der Waals surface area contributed by atoms with Crippen molar-refractivity contribution in [1.82, 2.24) is 0 Å². The van der Waals surface area contributed by atoms with Crippen molar-refractivity contribution in [1.29, 1.82) is 0 Å². The van der Waals surface area contributed by atoms with Gasteiger partial charge in [-0.2, -0.15) is 0 Å². The molecule has 0 bridgehead atoms. The van der Waals surface area contributed by atoms with Crippen molar-refractivity contribution in [3.63, 3.8) is 0 Å². The summed E-state index contributed by atoms with van der Waals surface area (Å²) in [6, 6.07) is 6.56. The zero-order valence-corrected chi connectivity index (χ0v) is 13.0. The Labute approximate surface area is 121 Å². The first-order valence-corrected chi connectivity index (χ1v) is 7.54. The minimum absolute atomic E-state index is 0.152. The van der Waals surface area contributed by atoms with Crippen molar-refractivity contribution in [2.75, 3.05) is 18.0 Å². The van der Waals surface area contributed by atoms with Crippen LogP contribution in [0.4, 0.5) is 5.69 Å². The van der Waals surface area contributed by atoms with E-state index in [1.54, 1.807) is 0 Å². The van der Waals surface area contributed by atoms with E-state index in [9.17, 15) is 0 Å². The minimum atomic E-state index is 0.152. The number of hydrogen-bond donors (Lipinski definition) is 1. The van der Waals surface area contributed by atoms with Crippen LogP contribution in [0.5, 0.6) is 0 Å². The molecule has 2 nitrogen and oxygen atoms in total. The molecule has 0 spiro atoms. The Bertz CT molecular complexity index is 430. The summed E-state index contributed by atoms with van der Waals surface area (Å²) in [5.74, 6) is 0. The topological polar surface area (TPSA) is 29.3 Å². The lowest BCUT2D eigenvalue weighted by molar-refractivity contribution is 0.280. The number of rotatable bonds is 3. The lowest BCUT2D eigenvalue weighted by Gasteiger charge is -2.38. The average Bonchev–Trinajstić information content (AvgIpc) is 2.31. The Morgan fingerprint density at radius 2 is 1.95 bits per heavy atom. The fraction of sp³-hybridized carbons (Fsp3) is 0.625. The van der Waals surface area contributed by atoms with Gasteiger partial charge in [0.05, 0.1) is 0 Å². The summed E-state index contributed by atoms with van der Waals surface area (Å²) in [5.41, 5.74) is 8.71. The molecule has 1 atom stereocenters. The maximum Gasteiger partial charge on any atom is 0.0459 e. The van der Waals surface area contributed by atoms with Crippen molar-refractivity contribution >= 4 is 17.3 Å². The van der Waals surface area contributed by atoms with E-state index < -0.39 is 0 Å². The molecule has 106 valence electrons. The Hall–Kier alpha value is -0.730. The van der Waals surface area contributed by atoms with Crippen LogP contribution in [0.3, 0.4) is 0 Å². The van der Waals surface area contributed by atoms with E-state index in [0.717, 1.165) is 30.1 Å². The fourth-order valence-electron chi connectivity index (χ4n) is 2.62. The van der Waals surface area contributed by atoms with E-state index in [4.69, 9.17) is 17.3 Å². The van der Waals surface area contributed by atoms with Gasteiger partial charge in [-0.1, -0.05) is 31.5 Å². The summed E-state index contributed by atoms with van der Waals surface area (Å²) >= 11 is 6.37. The number of piperidine rings is 1. The SMILES string of the molecule is CC(N)Cc1ccc(N2CCC(C)(C)CC2)cc1Cl. The summed E-state index contributed by atoms with van der Waals surface area (Å²) in [7, 11) is 0. The highest BCUT2D eigenvalue weighted by Gasteiger charge is 2.25. The maximum absolute atomic E-state index is 6.37. The molecule has 0 aromatic heterocycles. The summed E-state index contributed by atoms with van der Waals surface area (Å²) in [6.45, 7) is 8.95. The third-order valence-corrected chi connectivity index (χ3v) is 4.41. The van der Waals surface area contributed by atoms with Gasteiger partial charge < -0.3 is 10.6 Å². The quantitative estimate of drug-likeness (QED) is 0.911. The normalized spacial score (nSPS) is 20.4. The molecule has 1 aliphatic rings. The van der Waals surface area contributed by atoms with E-state index in [0.29, 0.717) is 5.41 Å². The van der Waals surface area contributed by atoms with Crippen LogP contribution in [0.2, 0.25) is 5.02 Å². The van der Waals surface area contributed by atoms with Crippen LogP contribution in [0.1, 0.15) is 39.2 Å². The van der Waals surface area contributed by atoms with E-state index in [1.165, 1.54) is 18.5 Å². The number of hydrogen-bond acceptors (Lipinski definition) is 2. The van der Waals surface area contributed by atoms with E-state index in [-0.39, 0.29) is 6.04 Å². The van der Waals surface area contributed by atoms with Crippen molar-refractivity contribution in [3.8, 4) is 0 Å². The smallest absolute Gasteiger partial charge is 0.0459 e. The molecule has 0 saturated carbocycles. The second-order valence-corrected chi connectivity index (χ2v) is 7.02. The molecule has 0 radical (unpaired) electrons. The van der Waals surface area contributed by atoms with Crippen LogP contribution in [-0.4, -0.2) is 19.1 Å². The molecule has 1 saturated heterocycles. The Kier molecular flexibility index (Phi) is 4.42. The number of nitrogens with zero attached hydrogens (tertiary/aromatic N) is 1. The Balaban J connectivity index is 2.08. The molecule has 1 aromatic carbocycles. The molecular formula is C16H25ClN2. The van der Waals surface area contributed by atoms with Gasteiger partial charge >= 0.3 is 0 Å². The molecule has 2 rings (SSSR count). The van der Waals surface area contributed by atoms with Crippen LogP contribution in [0.25, 0.3) is 0 Å². The first-order chi connectivity index (χ1) is 8.87. The van der Waals surface area contributed by atoms with Gasteiger partial charge in [-0.25, -0.2) is 0 Å². The van der Waals surface area contributed by atoms with E-state index in [1.807, 2.05) is 6.92 Å². The van der Waals surface area contributed by atoms with Crippen LogP contribution >= 0.6 is 11.6 Å². The van der Waals surface area contributed by atoms with Gasteiger partial charge in [0.15, 0.2) is 0 Å². The molecule has 3 heteroatoms. The molecule has 1 fully saturated rings.